The van der Waals surface area contributed by atoms with E-state index in [4.69, 9.17) is 18.9 Å². The Morgan fingerprint density at radius 2 is 1.25 bits per heavy atom. The van der Waals surface area contributed by atoms with Crippen molar-refractivity contribution in [2.45, 2.75) is 55.4 Å². The van der Waals surface area contributed by atoms with Crippen LogP contribution >= 0.6 is 27.7 Å². The zero-order valence-corrected chi connectivity index (χ0v) is 16.0. The molecule has 10 heteroatoms. The van der Waals surface area contributed by atoms with E-state index in [0.717, 1.165) is 0 Å². The highest BCUT2D eigenvalue weighted by Crippen LogP contribution is 2.40. The van der Waals surface area contributed by atoms with Crippen molar-refractivity contribution >= 4 is 51.6 Å². The standard InChI is InChI=1S/C14H19BrO8S/c1-6(16)20-5-10-11(21-7(2)17)12(22-8(3)18)13(14(15)24-10)23-9(4)19/h10-14H,5H2,1-4H3/t10-,11-,12+,13-,14?/m1/s1. The van der Waals surface area contributed by atoms with Crippen molar-refractivity contribution in [2.24, 2.45) is 0 Å². The average molecular weight is 427 g/mol. The van der Waals surface area contributed by atoms with Gasteiger partial charge in [-0.1, -0.05) is 15.9 Å². The van der Waals surface area contributed by atoms with Gasteiger partial charge in [0.2, 0.25) is 0 Å². The first kappa shape index (κ1) is 20.8. The molecular formula is C14H19BrO8S. The number of ether oxygens (including phenoxy) is 4. The van der Waals surface area contributed by atoms with Crippen LogP contribution in [0.2, 0.25) is 0 Å². The van der Waals surface area contributed by atoms with Gasteiger partial charge in [-0.15, -0.1) is 11.8 Å². The third-order valence-corrected chi connectivity index (χ3v) is 5.38. The van der Waals surface area contributed by atoms with E-state index >= 15 is 0 Å². The van der Waals surface area contributed by atoms with Crippen LogP contribution in [0.1, 0.15) is 27.7 Å². The van der Waals surface area contributed by atoms with Gasteiger partial charge in [0.1, 0.15) is 10.8 Å². The highest BCUT2D eigenvalue weighted by atomic mass is 79.9. The molecule has 8 nitrogen and oxygen atoms in total. The molecule has 1 heterocycles. The second-order valence-electron chi connectivity index (χ2n) is 5.05. The van der Waals surface area contributed by atoms with E-state index < -0.39 is 51.6 Å². The third-order valence-electron chi connectivity index (χ3n) is 2.93. The Hall–Kier alpha value is -1.29. The quantitative estimate of drug-likeness (QED) is 0.363. The van der Waals surface area contributed by atoms with Crippen LogP contribution in [0.5, 0.6) is 0 Å². The SMILES string of the molecule is CC(=O)OC[C@H]1SC(Br)[C@H](OC(C)=O)[C@@H](OC(C)=O)[C@@H]1OC(C)=O. The maximum Gasteiger partial charge on any atom is 0.303 e. The number of esters is 4. The van der Waals surface area contributed by atoms with Gasteiger partial charge in [0.25, 0.3) is 0 Å². The van der Waals surface area contributed by atoms with Crippen LogP contribution < -0.4 is 0 Å². The van der Waals surface area contributed by atoms with Crippen molar-refractivity contribution in [3.8, 4) is 0 Å². The molecule has 0 N–H and O–H groups in total. The second kappa shape index (κ2) is 9.26. The number of rotatable bonds is 5. The molecule has 136 valence electrons. The van der Waals surface area contributed by atoms with Crippen LogP contribution in [0.25, 0.3) is 0 Å². The lowest BCUT2D eigenvalue weighted by molar-refractivity contribution is -0.183. The smallest absolute Gasteiger partial charge is 0.303 e. The minimum Gasteiger partial charge on any atom is -0.465 e. The first-order valence-corrected chi connectivity index (χ1v) is 8.92. The minimum atomic E-state index is -1.03. The molecule has 24 heavy (non-hydrogen) atoms. The fourth-order valence-corrected chi connectivity index (χ4v) is 4.63. The van der Waals surface area contributed by atoms with Crippen molar-refractivity contribution in [2.75, 3.05) is 6.61 Å². The molecule has 0 amide bonds. The van der Waals surface area contributed by atoms with Crippen LogP contribution in [0.3, 0.4) is 0 Å². The van der Waals surface area contributed by atoms with Crippen LogP contribution in [0.15, 0.2) is 0 Å². The zero-order valence-electron chi connectivity index (χ0n) is 13.6. The van der Waals surface area contributed by atoms with E-state index in [1.807, 2.05) is 0 Å². The van der Waals surface area contributed by atoms with Gasteiger partial charge in [-0.25, -0.2) is 0 Å². The number of carbonyl (C=O) groups excluding carboxylic acids is 4. The van der Waals surface area contributed by atoms with E-state index in [1.54, 1.807) is 0 Å². The predicted octanol–water partition coefficient (Wildman–Crippen LogP) is 1.18. The Kier molecular flexibility index (Phi) is 8.01. The van der Waals surface area contributed by atoms with Crippen molar-refractivity contribution in [3.05, 3.63) is 0 Å². The Morgan fingerprint density at radius 3 is 1.71 bits per heavy atom. The van der Waals surface area contributed by atoms with Crippen LogP contribution in [-0.2, 0) is 38.1 Å². The van der Waals surface area contributed by atoms with E-state index in [9.17, 15) is 19.2 Å². The molecule has 1 fully saturated rings. The summed E-state index contributed by atoms with van der Waals surface area (Å²) in [6.45, 7) is 4.83. The molecule has 0 spiro atoms. The first-order chi connectivity index (χ1) is 11.1. The van der Waals surface area contributed by atoms with Crippen LogP contribution in [0, 0.1) is 0 Å². The van der Waals surface area contributed by atoms with E-state index in [-0.39, 0.29) is 6.61 Å². The normalized spacial score (nSPS) is 29.3. The fourth-order valence-electron chi connectivity index (χ4n) is 2.18. The topological polar surface area (TPSA) is 105 Å². The van der Waals surface area contributed by atoms with Gasteiger partial charge < -0.3 is 18.9 Å². The van der Waals surface area contributed by atoms with Gasteiger partial charge in [0, 0.05) is 27.7 Å². The van der Waals surface area contributed by atoms with Crippen molar-refractivity contribution in [1.29, 1.82) is 0 Å². The lowest BCUT2D eigenvalue weighted by Gasteiger charge is -2.42. The molecule has 1 unspecified atom stereocenters. The molecule has 1 aliphatic heterocycles. The van der Waals surface area contributed by atoms with Crippen LogP contribution in [-0.4, -0.2) is 58.2 Å². The van der Waals surface area contributed by atoms with E-state index in [2.05, 4.69) is 15.9 Å². The average Bonchev–Trinajstić information content (AvgIpc) is 2.42. The fraction of sp³-hybridized carbons (Fsp3) is 0.714. The molecule has 1 saturated heterocycles. The van der Waals surface area contributed by atoms with Crippen molar-refractivity contribution in [3.63, 3.8) is 0 Å². The number of carbonyl (C=O) groups is 4. The largest absolute Gasteiger partial charge is 0.465 e. The molecule has 0 aromatic carbocycles. The Bertz CT molecular complexity index is 511. The first-order valence-electron chi connectivity index (χ1n) is 7.06. The minimum absolute atomic E-state index is 0.0510. The van der Waals surface area contributed by atoms with E-state index in [0.29, 0.717) is 0 Å². The van der Waals surface area contributed by atoms with Gasteiger partial charge in [0.05, 0.1) is 5.25 Å². The number of thioether (sulfide) groups is 1. The van der Waals surface area contributed by atoms with E-state index in [1.165, 1.54) is 39.5 Å². The molecule has 0 aromatic rings. The maximum atomic E-state index is 11.4. The summed E-state index contributed by atoms with van der Waals surface area (Å²) in [5.41, 5.74) is 0. The number of halogens is 1. The summed E-state index contributed by atoms with van der Waals surface area (Å²) in [7, 11) is 0. The molecule has 0 bridgehead atoms. The van der Waals surface area contributed by atoms with Crippen molar-refractivity contribution < 1.29 is 38.1 Å². The Morgan fingerprint density at radius 1 is 0.792 bits per heavy atom. The monoisotopic (exact) mass is 426 g/mol. The molecule has 0 aromatic heterocycles. The number of hydrogen-bond donors (Lipinski definition) is 0. The second-order valence-corrected chi connectivity index (χ2v) is 8.03. The summed E-state index contributed by atoms with van der Waals surface area (Å²) in [5, 5.41) is -0.502. The molecule has 1 aliphatic rings. The lowest BCUT2D eigenvalue weighted by atomic mass is 10.0. The molecule has 0 radical (unpaired) electrons. The van der Waals surface area contributed by atoms with Gasteiger partial charge in [-0.2, -0.15) is 0 Å². The zero-order chi connectivity index (χ0) is 18.4. The molecule has 0 aliphatic carbocycles. The summed E-state index contributed by atoms with van der Waals surface area (Å²) in [6.07, 6.45) is -2.83. The van der Waals surface area contributed by atoms with Gasteiger partial charge in [0.15, 0.2) is 18.3 Å². The molecular weight excluding hydrogens is 408 g/mol. The number of alkyl halides is 1. The Balaban J connectivity index is 3.11. The molecule has 5 atom stereocenters. The summed E-state index contributed by atoms with van der Waals surface area (Å²) >= 11 is 4.62. The maximum absolute atomic E-state index is 11.4. The molecule has 0 saturated carbocycles. The summed E-state index contributed by atoms with van der Waals surface area (Å²) in [5.74, 6) is -2.27. The number of hydrogen-bond acceptors (Lipinski definition) is 9. The predicted molar refractivity (Wildman–Crippen MR) is 87.4 cm³/mol. The van der Waals surface area contributed by atoms with Crippen LogP contribution in [0.4, 0.5) is 0 Å². The Labute approximate surface area is 152 Å². The summed E-state index contributed by atoms with van der Waals surface area (Å²) < 4.78 is 20.3. The highest BCUT2D eigenvalue weighted by Gasteiger charge is 2.50. The summed E-state index contributed by atoms with van der Waals surface area (Å²) in [4.78, 5) is 45.3. The third kappa shape index (κ3) is 6.31. The highest BCUT2D eigenvalue weighted by molar-refractivity contribution is 9.11. The van der Waals surface area contributed by atoms with Crippen molar-refractivity contribution in [1.82, 2.24) is 0 Å². The lowest BCUT2D eigenvalue weighted by Crippen LogP contribution is -2.57. The molecule has 1 rings (SSSR count). The van der Waals surface area contributed by atoms with Gasteiger partial charge >= 0.3 is 23.9 Å². The van der Waals surface area contributed by atoms with Gasteiger partial charge in [-0.3, -0.25) is 19.2 Å². The van der Waals surface area contributed by atoms with Gasteiger partial charge in [-0.05, 0) is 0 Å². The summed E-state index contributed by atoms with van der Waals surface area (Å²) in [6, 6.07) is 0.